The van der Waals surface area contributed by atoms with Gasteiger partial charge in [-0.15, -0.1) is 0 Å². The Morgan fingerprint density at radius 1 is 1.25 bits per heavy atom. The van der Waals surface area contributed by atoms with Gasteiger partial charge in [-0.05, 0) is 43.0 Å². The molecular weight excluding hydrogens is 330 g/mol. The molecule has 1 aromatic heterocycles. The number of aromatic nitrogens is 1. The number of sulfonamides is 1. The van der Waals surface area contributed by atoms with Gasteiger partial charge in [-0.1, -0.05) is 6.07 Å². The van der Waals surface area contributed by atoms with Crippen LogP contribution in [0.25, 0.3) is 0 Å². The summed E-state index contributed by atoms with van der Waals surface area (Å²) in [5, 5.41) is 11.0. The second kappa shape index (κ2) is 6.29. The average molecular weight is 347 g/mol. The molecular formula is C16H17N3O4S. The van der Waals surface area contributed by atoms with Gasteiger partial charge in [0.15, 0.2) is 0 Å². The van der Waals surface area contributed by atoms with Crippen LogP contribution in [0.5, 0.6) is 0 Å². The number of nitro benzene ring substituents is 1. The van der Waals surface area contributed by atoms with E-state index >= 15 is 0 Å². The minimum Gasteiger partial charge on any atom is -0.265 e. The number of rotatable bonds is 4. The zero-order chi connectivity index (χ0) is 17.3. The summed E-state index contributed by atoms with van der Waals surface area (Å²) in [5.41, 5.74) is 1.16. The van der Waals surface area contributed by atoms with Crippen LogP contribution < -0.4 is 0 Å². The van der Waals surface area contributed by atoms with Crippen molar-refractivity contribution >= 4 is 15.7 Å². The molecule has 8 heteroatoms. The molecule has 1 aromatic carbocycles. The number of hydrogen-bond donors (Lipinski definition) is 0. The molecule has 0 N–H and O–H groups in total. The van der Waals surface area contributed by atoms with Gasteiger partial charge in [-0.3, -0.25) is 15.1 Å². The highest BCUT2D eigenvalue weighted by atomic mass is 32.2. The van der Waals surface area contributed by atoms with Gasteiger partial charge in [0.25, 0.3) is 5.69 Å². The monoisotopic (exact) mass is 347 g/mol. The Kier molecular flexibility index (Phi) is 4.33. The van der Waals surface area contributed by atoms with Gasteiger partial charge in [0.1, 0.15) is 0 Å². The van der Waals surface area contributed by atoms with Crippen molar-refractivity contribution in [2.24, 2.45) is 0 Å². The molecule has 2 heterocycles. The van der Waals surface area contributed by atoms with Gasteiger partial charge in [0, 0.05) is 31.1 Å². The summed E-state index contributed by atoms with van der Waals surface area (Å²) in [7, 11) is -3.81. The molecule has 0 aliphatic carbocycles. The van der Waals surface area contributed by atoms with E-state index in [-0.39, 0.29) is 16.6 Å². The van der Waals surface area contributed by atoms with Gasteiger partial charge in [0.2, 0.25) is 10.0 Å². The van der Waals surface area contributed by atoms with Gasteiger partial charge in [-0.25, -0.2) is 8.42 Å². The van der Waals surface area contributed by atoms with Crippen molar-refractivity contribution in [3.05, 3.63) is 64.0 Å². The van der Waals surface area contributed by atoms with Crippen LogP contribution >= 0.6 is 0 Å². The number of benzene rings is 1. The Labute approximate surface area is 140 Å². The van der Waals surface area contributed by atoms with Gasteiger partial charge in [-0.2, -0.15) is 4.31 Å². The molecule has 2 aromatic rings. The number of aryl methyl sites for hydroxylation is 1. The van der Waals surface area contributed by atoms with Crippen LogP contribution in [0.15, 0.2) is 47.6 Å². The first kappa shape index (κ1) is 16.5. The first-order chi connectivity index (χ1) is 11.4. The highest BCUT2D eigenvalue weighted by Gasteiger charge is 2.37. The van der Waals surface area contributed by atoms with Gasteiger partial charge in [0.05, 0.1) is 15.9 Å². The summed E-state index contributed by atoms with van der Waals surface area (Å²) in [6.07, 6.45) is 4.74. The molecule has 1 saturated heterocycles. The van der Waals surface area contributed by atoms with Crippen LogP contribution in [0.2, 0.25) is 0 Å². The number of pyridine rings is 1. The van der Waals surface area contributed by atoms with Crippen molar-refractivity contribution in [3.8, 4) is 0 Å². The maximum atomic E-state index is 13.1. The predicted molar refractivity (Wildman–Crippen MR) is 87.9 cm³/mol. The summed E-state index contributed by atoms with van der Waals surface area (Å²) in [5.74, 6) is 0. The fourth-order valence-electron chi connectivity index (χ4n) is 3.05. The summed E-state index contributed by atoms with van der Waals surface area (Å²) in [6, 6.07) is 7.28. The number of nitrogens with zero attached hydrogens (tertiary/aromatic N) is 3. The molecule has 24 heavy (non-hydrogen) atoms. The van der Waals surface area contributed by atoms with Crippen LogP contribution in [0.3, 0.4) is 0 Å². The van der Waals surface area contributed by atoms with E-state index in [1.165, 1.54) is 16.4 Å². The third kappa shape index (κ3) is 2.90. The summed E-state index contributed by atoms with van der Waals surface area (Å²) < 4.78 is 27.6. The normalized spacial score (nSPS) is 18.6. The second-order valence-corrected chi connectivity index (χ2v) is 7.62. The second-order valence-electron chi connectivity index (χ2n) is 5.76. The van der Waals surface area contributed by atoms with Crippen molar-refractivity contribution in [1.82, 2.24) is 9.29 Å². The molecule has 0 amide bonds. The highest BCUT2D eigenvalue weighted by molar-refractivity contribution is 7.89. The Morgan fingerprint density at radius 2 is 1.96 bits per heavy atom. The SMILES string of the molecule is Cc1ccc([N+](=O)[O-])cc1S(=O)(=O)N1CCC[C@@H]1c1ccncc1. The summed E-state index contributed by atoms with van der Waals surface area (Å²) >= 11 is 0. The lowest BCUT2D eigenvalue weighted by molar-refractivity contribution is -0.385. The minimum absolute atomic E-state index is 0.00217. The van der Waals surface area contributed by atoms with Crippen molar-refractivity contribution < 1.29 is 13.3 Å². The molecule has 1 aliphatic rings. The molecule has 1 fully saturated rings. The molecule has 7 nitrogen and oxygen atoms in total. The van der Waals surface area contributed by atoms with Crippen molar-refractivity contribution in [1.29, 1.82) is 0 Å². The van der Waals surface area contributed by atoms with Crippen LogP contribution in [-0.4, -0.2) is 29.2 Å². The van der Waals surface area contributed by atoms with Crippen molar-refractivity contribution in [2.45, 2.75) is 30.7 Å². The maximum absolute atomic E-state index is 13.1. The molecule has 1 aliphatic heterocycles. The Morgan fingerprint density at radius 3 is 2.62 bits per heavy atom. The Hall–Kier alpha value is -2.32. The fraction of sp³-hybridized carbons (Fsp3) is 0.312. The first-order valence-electron chi connectivity index (χ1n) is 7.58. The number of non-ortho nitro benzene ring substituents is 1. The van der Waals surface area contributed by atoms with E-state index in [9.17, 15) is 18.5 Å². The summed E-state index contributed by atoms with van der Waals surface area (Å²) in [4.78, 5) is 14.4. The lowest BCUT2D eigenvalue weighted by Gasteiger charge is -2.25. The number of hydrogen-bond acceptors (Lipinski definition) is 5. The molecule has 3 rings (SSSR count). The molecule has 126 valence electrons. The van der Waals surface area contributed by atoms with E-state index in [4.69, 9.17) is 0 Å². The average Bonchev–Trinajstić information content (AvgIpc) is 3.06. The zero-order valence-electron chi connectivity index (χ0n) is 13.1. The maximum Gasteiger partial charge on any atom is 0.270 e. The standard InChI is InChI=1S/C16H17N3O4S/c1-12-4-5-14(19(20)21)11-16(12)24(22,23)18-10-2-3-15(18)13-6-8-17-9-7-13/h4-9,11,15H,2-3,10H2,1H3/t15-/m1/s1. The lowest BCUT2D eigenvalue weighted by atomic mass is 10.1. The van der Waals surface area contributed by atoms with Crippen molar-refractivity contribution in [2.75, 3.05) is 6.54 Å². The van der Waals surface area contributed by atoms with Crippen LogP contribution in [0.1, 0.15) is 30.0 Å². The molecule has 1 atom stereocenters. The third-order valence-electron chi connectivity index (χ3n) is 4.26. The van der Waals surface area contributed by atoms with Gasteiger partial charge >= 0.3 is 0 Å². The third-order valence-corrected chi connectivity index (χ3v) is 6.31. The predicted octanol–water partition coefficient (Wildman–Crippen LogP) is 2.82. The van der Waals surface area contributed by atoms with Crippen LogP contribution in [0.4, 0.5) is 5.69 Å². The van der Waals surface area contributed by atoms with E-state index in [0.717, 1.165) is 24.5 Å². The van der Waals surface area contributed by atoms with Crippen LogP contribution in [-0.2, 0) is 10.0 Å². The van der Waals surface area contributed by atoms with Crippen molar-refractivity contribution in [3.63, 3.8) is 0 Å². The fourth-order valence-corrected chi connectivity index (χ4v) is 4.98. The van der Waals surface area contributed by atoms with E-state index in [1.807, 2.05) is 0 Å². The minimum atomic E-state index is -3.81. The van der Waals surface area contributed by atoms with E-state index in [0.29, 0.717) is 12.1 Å². The number of nitro groups is 1. The molecule has 0 unspecified atom stereocenters. The van der Waals surface area contributed by atoms with E-state index in [1.54, 1.807) is 31.5 Å². The molecule has 0 saturated carbocycles. The Balaban J connectivity index is 2.04. The van der Waals surface area contributed by atoms with Gasteiger partial charge < -0.3 is 0 Å². The quantitative estimate of drug-likeness (QED) is 0.626. The summed E-state index contributed by atoms with van der Waals surface area (Å²) in [6.45, 7) is 2.05. The van der Waals surface area contributed by atoms with E-state index in [2.05, 4.69) is 4.98 Å². The molecule has 0 spiro atoms. The lowest BCUT2D eigenvalue weighted by Crippen LogP contribution is -2.31. The largest absolute Gasteiger partial charge is 0.270 e. The molecule has 0 bridgehead atoms. The Bertz CT molecular complexity index is 868. The molecule has 0 radical (unpaired) electrons. The van der Waals surface area contributed by atoms with E-state index < -0.39 is 14.9 Å². The highest BCUT2D eigenvalue weighted by Crippen LogP contribution is 2.37. The first-order valence-corrected chi connectivity index (χ1v) is 9.02. The smallest absolute Gasteiger partial charge is 0.265 e. The van der Waals surface area contributed by atoms with Crippen LogP contribution in [0, 0.1) is 17.0 Å². The zero-order valence-corrected chi connectivity index (χ0v) is 13.9. The topological polar surface area (TPSA) is 93.4 Å².